The van der Waals surface area contributed by atoms with E-state index in [1.807, 2.05) is 37.4 Å². The molecule has 0 atom stereocenters. The van der Waals surface area contributed by atoms with Gasteiger partial charge in [0.15, 0.2) is 0 Å². The maximum atomic E-state index is 12.0. The van der Waals surface area contributed by atoms with Gasteiger partial charge in [0.05, 0.1) is 0 Å². The zero-order chi connectivity index (χ0) is 13.8. The average Bonchev–Trinajstić information content (AvgIpc) is 2.68. The molecule has 5 heteroatoms. The van der Waals surface area contributed by atoms with E-state index in [0.717, 1.165) is 16.9 Å². The quantitative estimate of drug-likeness (QED) is 0.522. The topological polar surface area (TPSA) is 49.4 Å². The van der Waals surface area contributed by atoms with Gasteiger partial charge in [-0.25, -0.2) is 4.79 Å². The zero-order valence-electron chi connectivity index (χ0n) is 11.0. The van der Waals surface area contributed by atoms with Gasteiger partial charge in [0.2, 0.25) is 0 Å². The molecule has 1 aliphatic heterocycles. The second-order valence-electron chi connectivity index (χ2n) is 4.22. The van der Waals surface area contributed by atoms with Gasteiger partial charge < -0.3 is 5.32 Å². The van der Waals surface area contributed by atoms with Crippen LogP contribution in [0.15, 0.2) is 34.9 Å². The zero-order valence-corrected chi connectivity index (χ0v) is 11.8. The predicted octanol–water partition coefficient (Wildman–Crippen LogP) is 2.71. The molecule has 1 N–H and O–H groups in total. The molecular formula is C14H16N2O2S. The van der Waals surface area contributed by atoms with Gasteiger partial charge in [-0.15, -0.1) is 11.8 Å². The van der Waals surface area contributed by atoms with Crippen LogP contribution in [0, 0.1) is 0 Å². The third kappa shape index (κ3) is 2.98. The third-order valence-electron chi connectivity index (χ3n) is 2.84. The van der Waals surface area contributed by atoms with E-state index in [1.165, 1.54) is 4.90 Å². The van der Waals surface area contributed by atoms with Crippen LogP contribution in [0.25, 0.3) is 6.08 Å². The second kappa shape index (κ2) is 5.93. The van der Waals surface area contributed by atoms with Crippen molar-refractivity contribution in [2.24, 2.45) is 0 Å². The van der Waals surface area contributed by atoms with Crippen molar-refractivity contribution in [3.8, 4) is 0 Å². The minimum absolute atomic E-state index is 0.249. The Kier molecular flexibility index (Phi) is 4.27. The molecule has 1 fully saturated rings. The molecule has 2 rings (SSSR count). The molecule has 0 bridgehead atoms. The summed E-state index contributed by atoms with van der Waals surface area (Å²) in [5.41, 5.74) is 1.25. The highest BCUT2D eigenvalue weighted by molar-refractivity contribution is 7.98. The summed E-state index contributed by atoms with van der Waals surface area (Å²) in [4.78, 5) is 26.0. The van der Waals surface area contributed by atoms with Crippen LogP contribution in [0.2, 0.25) is 0 Å². The Labute approximate surface area is 116 Å². The van der Waals surface area contributed by atoms with Crippen molar-refractivity contribution in [1.29, 1.82) is 0 Å². The summed E-state index contributed by atoms with van der Waals surface area (Å²) in [7, 11) is 0. The number of imide groups is 1. The lowest BCUT2D eigenvalue weighted by atomic mass is 10.2. The highest BCUT2D eigenvalue weighted by atomic mass is 32.2. The van der Waals surface area contributed by atoms with Crippen LogP contribution in [0.3, 0.4) is 0 Å². The van der Waals surface area contributed by atoms with Crippen molar-refractivity contribution in [3.63, 3.8) is 0 Å². The number of hydrogen-bond acceptors (Lipinski definition) is 3. The molecule has 1 aromatic carbocycles. The van der Waals surface area contributed by atoms with Crippen LogP contribution >= 0.6 is 11.8 Å². The number of hydrogen-bond donors (Lipinski definition) is 1. The summed E-state index contributed by atoms with van der Waals surface area (Å²) in [6.45, 7) is 2.39. The Morgan fingerprint density at radius 3 is 2.53 bits per heavy atom. The van der Waals surface area contributed by atoms with Gasteiger partial charge in [0.1, 0.15) is 5.70 Å². The van der Waals surface area contributed by atoms with E-state index in [1.54, 1.807) is 17.8 Å². The van der Waals surface area contributed by atoms with Crippen LogP contribution < -0.4 is 5.32 Å². The largest absolute Gasteiger partial charge is 0.329 e. The van der Waals surface area contributed by atoms with Gasteiger partial charge in [-0.3, -0.25) is 9.69 Å². The third-order valence-corrected chi connectivity index (χ3v) is 3.58. The number of rotatable bonds is 4. The number of carbonyl (C=O) groups is 2. The lowest BCUT2D eigenvalue weighted by Gasteiger charge is -2.08. The van der Waals surface area contributed by atoms with Crippen LogP contribution in [-0.4, -0.2) is 29.6 Å². The summed E-state index contributed by atoms with van der Waals surface area (Å²) in [5.74, 6) is -0.249. The lowest BCUT2D eigenvalue weighted by molar-refractivity contribution is -0.122. The minimum Gasteiger partial charge on any atom is -0.303 e. The van der Waals surface area contributed by atoms with Gasteiger partial charge in [-0.2, -0.15) is 0 Å². The number of thioether (sulfide) groups is 1. The summed E-state index contributed by atoms with van der Waals surface area (Å²) >= 11 is 1.66. The lowest BCUT2D eigenvalue weighted by Crippen LogP contribution is -2.31. The standard InChI is InChI=1S/C14H16N2O2S/c1-3-8-16-13(17)12(15-14(16)18)9-10-4-6-11(19-2)7-5-10/h4-7,9H,3,8H2,1-2H3,(H,15,18)/b12-9+. The summed E-state index contributed by atoms with van der Waals surface area (Å²) in [5, 5.41) is 2.61. The fraction of sp³-hybridized carbons (Fsp3) is 0.286. The van der Waals surface area contributed by atoms with Gasteiger partial charge in [-0.1, -0.05) is 19.1 Å². The van der Waals surface area contributed by atoms with Crippen molar-refractivity contribution < 1.29 is 9.59 Å². The monoisotopic (exact) mass is 276 g/mol. The van der Waals surface area contributed by atoms with Crippen LogP contribution in [0.4, 0.5) is 4.79 Å². The average molecular weight is 276 g/mol. The first-order chi connectivity index (χ1) is 9.15. The van der Waals surface area contributed by atoms with Crippen LogP contribution in [-0.2, 0) is 4.79 Å². The van der Waals surface area contributed by atoms with Gasteiger partial charge in [-0.05, 0) is 36.4 Å². The molecule has 1 aromatic rings. The Morgan fingerprint density at radius 2 is 1.95 bits per heavy atom. The number of carbonyl (C=O) groups excluding carboxylic acids is 2. The second-order valence-corrected chi connectivity index (χ2v) is 5.10. The molecular weight excluding hydrogens is 260 g/mol. The highest BCUT2D eigenvalue weighted by Gasteiger charge is 2.32. The summed E-state index contributed by atoms with van der Waals surface area (Å²) < 4.78 is 0. The summed E-state index contributed by atoms with van der Waals surface area (Å²) in [6, 6.07) is 7.50. The molecule has 0 radical (unpaired) electrons. The number of nitrogens with one attached hydrogen (secondary N) is 1. The highest BCUT2D eigenvalue weighted by Crippen LogP contribution is 2.18. The molecule has 0 spiro atoms. The van der Waals surface area contributed by atoms with Crippen molar-refractivity contribution in [1.82, 2.24) is 10.2 Å². The normalized spacial score (nSPS) is 17.2. The molecule has 3 amide bonds. The number of benzene rings is 1. The first kappa shape index (κ1) is 13.7. The van der Waals surface area contributed by atoms with E-state index < -0.39 is 0 Å². The molecule has 0 unspecified atom stereocenters. The SMILES string of the molecule is CCCN1C(=O)N/C(=C/c2ccc(SC)cc2)C1=O. The maximum Gasteiger partial charge on any atom is 0.329 e. The number of nitrogens with zero attached hydrogens (tertiary/aromatic N) is 1. The first-order valence-corrected chi connectivity index (χ1v) is 7.36. The van der Waals surface area contributed by atoms with Gasteiger partial charge in [0, 0.05) is 11.4 Å². The predicted molar refractivity (Wildman–Crippen MR) is 76.7 cm³/mol. The molecule has 1 heterocycles. The van der Waals surface area contributed by atoms with Crippen molar-refractivity contribution in [2.75, 3.05) is 12.8 Å². The van der Waals surface area contributed by atoms with E-state index in [-0.39, 0.29) is 11.9 Å². The van der Waals surface area contributed by atoms with Crippen molar-refractivity contribution in [3.05, 3.63) is 35.5 Å². The molecule has 0 saturated carbocycles. The Morgan fingerprint density at radius 1 is 1.26 bits per heavy atom. The molecule has 0 aromatic heterocycles. The van der Waals surface area contributed by atoms with Gasteiger partial charge in [0.25, 0.3) is 5.91 Å². The van der Waals surface area contributed by atoms with E-state index in [0.29, 0.717) is 12.2 Å². The van der Waals surface area contributed by atoms with Crippen LogP contribution in [0.1, 0.15) is 18.9 Å². The smallest absolute Gasteiger partial charge is 0.303 e. The minimum atomic E-state index is -0.334. The van der Waals surface area contributed by atoms with Crippen molar-refractivity contribution in [2.45, 2.75) is 18.2 Å². The van der Waals surface area contributed by atoms with E-state index in [9.17, 15) is 9.59 Å². The maximum absolute atomic E-state index is 12.0. The fourth-order valence-corrected chi connectivity index (χ4v) is 2.27. The van der Waals surface area contributed by atoms with E-state index in [4.69, 9.17) is 0 Å². The van der Waals surface area contributed by atoms with Crippen LogP contribution in [0.5, 0.6) is 0 Å². The fourth-order valence-electron chi connectivity index (χ4n) is 1.87. The molecule has 1 saturated heterocycles. The molecule has 19 heavy (non-hydrogen) atoms. The Hall–Kier alpha value is -1.75. The van der Waals surface area contributed by atoms with Crippen molar-refractivity contribution >= 4 is 29.8 Å². The molecule has 100 valence electrons. The molecule has 4 nitrogen and oxygen atoms in total. The Balaban J connectivity index is 2.19. The molecule has 1 aliphatic rings. The van der Waals surface area contributed by atoms with Gasteiger partial charge >= 0.3 is 6.03 Å². The molecule has 0 aliphatic carbocycles. The summed E-state index contributed by atoms with van der Waals surface area (Å²) in [6.07, 6.45) is 4.48. The first-order valence-electron chi connectivity index (χ1n) is 6.14. The number of amides is 3. The van der Waals surface area contributed by atoms with E-state index >= 15 is 0 Å². The number of urea groups is 1. The Bertz CT molecular complexity index is 523. The van der Waals surface area contributed by atoms with E-state index in [2.05, 4.69) is 5.32 Å².